The normalized spacial score (nSPS) is 7.38. The molecule has 0 aromatic rings. The van der Waals surface area contributed by atoms with Crippen LogP contribution in [-0.2, 0) is 4.57 Å². The fourth-order valence-electron chi connectivity index (χ4n) is 0. The first-order chi connectivity index (χ1) is 2.00. The maximum atomic E-state index is 8.88. The van der Waals surface area contributed by atoms with Crippen LogP contribution in [0.25, 0.3) is 0 Å². The molecule has 0 aliphatic carbocycles. The van der Waals surface area contributed by atoms with Gasteiger partial charge in [0.1, 0.15) is 0 Å². The fourth-order valence-corrected chi connectivity index (χ4v) is 0. The molecule has 0 bridgehead atoms. The van der Waals surface area contributed by atoms with Crippen LogP contribution in [0.1, 0.15) is 5.71 Å². The summed E-state index contributed by atoms with van der Waals surface area (Å²) < 4.78 is 8.88. The molecule has 0 amide bonds. The summed E-state index contributed by atoms with van der Waals surface area (Å²) in [5, 5.41) is 0. The topological polar surface area (TPSA) is 77.8 Å². The van der Waals surface area contributed by atoms with Crippen LogP contribution >= 0.6 is 7.82 Å². The van der Waals surface area contributed by atoms with Crippen molar-refractivity contribution in [1.82, 2.24) is 0 Å². The molecule has 0 aliphatic heterocycles. The SMILES string of the molecule is O=P(O)(O)O.[H-].[H-].[H-].[H-].[K+].[K+].[Mg+2]. The minimum atomic E-state index is -4.64. The van der Waals surface area contributed by atoms with E-state index in [1.807, 2.05) is 0 Å². The molecule has 0 unspecified atom stereocenters. The molecule has 0 saturated heterocycles. The number of hydrogen-bond donors (Lipinski definition) is 3. The molecule has 0 aromatic carbocycles. The van der Waals surface area contributed by atoms with Crippen LogP contribution in [-0.4, -0.2) is 37.7 Å². The first-order valence-electron chi connectivity index (χ1n) is 0.783. The monoisotopic (exact) mass is 204 g/mol. The summed E-state index contributed by atoms with van der Waals surface area (Å²) in [7, 11) is -4.64. The van der Waals surface area contributed by atoms with Gasteiger partial charge in [-0.2, -0.15) is 0 Å². The Morgan fingerprint density at radius 2 is 1.12 bits per heavy atom. The molecule has 8 heteroatoms. The van der Waals surface area contributed by atoms with Crippen molar-refractivity contribution in [2.24, 2.45) is 0 Å². The molecule has 3 N–H and O–H groups in total. The van der Waals surface area contributed by atoms with E-state index in [1.165, 1.54) is 0 Å². The van der Waals surface area contributed by atoms with Gasteiger partial charge in [0.05, 0.1) is 0 Å². The van der Waals surface area contributed by atoms with Crippen molar-refractivity contribution >= 4 is 30.9 Å². The predicted octanol–water partition coefficient (Wildman–Crippen LogP) is -6.85. The van der Waals surface area contributed by atoms with E-state index in [0.29, 0.717) is 0 Å². The Hall–Kier alpha value is 4.15. The van der Waals surface area contributed by atoms with Crippen molar-refractivity contribution in [2.75, 3.05) is 0 Å². The Morgan fingerprint density at radius 1 is 1.12 bits per heavy atom. The number of phosphoric acid groups is 1. The van der Waals surface area contributed by atoms with Crippen molar-refractivity contribution in [2.45, 2.75) is 0 Å². The summed E-state index contributed by atoms with van der Waals surface area (Å²) >= 11 is 0. The molecule has 0 fully saturated rings. The van der Waals surface area contributed by atoms with Gasteiger partial charge in [0.25, 0.3) is 0 Å². The first kappa shape index (κ1) is 22.7. The summed E-state index contributed by atoms with van der Waals surface area (Å²) in [5.41, 5.74) is 0. The van der Waals surface area contributed by atoms with E-state index in [0.717, 1.165) is 0 Å². The van der Waals surface area contributed by atoms with Gasteiger partial charge in [-0.3, -0.25) is 0 Å². The summed E-state index contributed by atoms with van der Waals surface area (Å²) in [5.74, 6) is 0. The first-order valence-corrected chi connectivity index (χ1v) is 2.35. The van der Waals surface area contributed by atoms with Crippen molar-refractivity contribution in [1.29, 1.82) is 0 Å². The van der Waals surface area contributed by atoms with Crippen LogP contribution < -0.4 is 103 Å². The van der Waals surface area contributed by atoms with Crippen LogP contribution in [0.2, 0.25) is 0 Å². The quantitative estimate of drug-likeness (QED) is 0.271. The molecule has 0 rings (SSSR count). The molecular weight excluding hydrogens is 197 g/mol. The molecule has 0 heterocycles. The average Bonchev–Trinajstić information content (AvgIpc) is 0.722. The Morgan fingerprint density at radius 3 is 1.12 bits per heavy atom. The maximum Gasteiger partial charge on any atom is 2.00 e. The van der Waals surface area contributed by atoms with Gasteiger partial charge in [-0.1, -0.05) is 0 Å². The number of rotatable bonds is 0. The van der Waals surface area contributed by atoms with E-state index in [9.17, 15) is 0 Å². The van der Waals surface area contributed by atoms with Crippen LogP contribution in [0.5, 0.6) is 0 Å². The molecule has 0 radical (unpaired) electrons. The second kappa shape index (κ2) is 11.1. The van der Waals surface area contributed by atoms with Crippen LogP contribution in [0.15, 0.2) is 0 Å². The van der Waals surface area contributed by atoms with Gasteiger partial charge in [0, 0.05) is 0 Å². The summed E-state index contributed by atoms with van der Waals surface area (Å²) in [4.78, 5) is 21.6. The molecule has 8 heavy (non-hydrogen) atoms. The molecule has 4 nitrogen and oxygen atoms in total. The second-order valence-electron chi connectivity index (χ2n) is 0.513. The van der Waals surface area contributed by atoms with Crippen LogP contribution in [0, 0.1) is 0 Å². The van der Waals surface area contributed by atoms with Gasteiger partial charge in [-0.15, -0.1) is 0 Å². The van der Waals surface area contributed by atoms with Crippen molar-refractivity contribution < 1.29 is 128 Å². The molecule has 0 aromatic heterocycles. The maximum absolute atomic E-state index is 8.88. The number of hydrogen-bond acceptors (Lipinski definition) is 1. The van der Waals surface area contributed by atoms with Crippen molar-refractivity contribution in [3.63, 3.8) is 0 Å². The Balaban J connectivity index is -0.00000000381. The zero-order chi connectivity index (χ0) is 4.50. The standard InChI is InChI=1S/2K.Mg.H3O4P.4H/c;;;1-5(2,3)4;;;;/h;;;(H3,1,2,3,4);;;;/q2*+1;+2;;4*-1. The fraction of sp³-hybridized carbons (Fsp3) is 0. The smallest absolute Gasteiger partial charge is 1.00 e. The molecule has 0 atom stereocenters. The molecular formula is H7K2MgO4P. The van der Waals surface area contributed by atoms with Crippen molar-refractivity contribution in [3.05, 3.63) is 0 Å². The van der Waals surface area contributed by atoms with Crippen LogP contribution in [0.3, 0.4) is 0 Å². The van der Waals surface area contributed by atoms with Gasteiger partial charge in [0.15, 0.2) is 0 Å². The Kier molecular flexibility index (Phi) is 31.7. The molecule has 0 saturated carbocycles. The predicted molar refractivity (Wildman–Crippen MR) is 24.5 cm³/mol. The summed E-state index contributed by atoms with van der Waals surface area (Å²) in [6.07, 6.45) is 0. The zero-order valence-electron chi connectivity index (χ0n) is 8.90. The Bertz CT molecular complexity index is 71.2. The minimum Gasteiger partial charge on any atom is -1.00 e. The molecule has 0 spiro atoms. The molecule has 0 aliphatic rings. The zero-order valence-corrected chi connectivity index (χ0v) is 13.5. The summed E-state index contributed by atoms with van der Waals surface area (Å²) in [6, 6.07) is 0. The third kappa shape index (κ3) is 49.3. The van der Waals surface area contributed by atoms with E-state index >= 15 is 0 Å². The van der Waals surface area contributed by atoms with E-state index in [4.69, 9.17) is 19.2 Å². The van der Waals surface area contributed by atoms with Gasteiger partial charge in [-0.25, -0.2) is 4.57 Å². The third-order valence-corrected chi connectivity index (χ3v) is 0. The van der Waals surface area contributed by atoms with E-state index in [1.54, 1.807) is 0 Å². The average molecular weight is 205 g/mol. The van der Waals surface area contributed by atoms with Crippen LogP contribution in [0.4, 0.5) is 0 Å². The van der Waals surface area contributed by atoms with Gasteiger partial charge in [0.2, 0.25) is 0 Å². The minimum absolute atomic E-state index is 0. The molecule has 40 valence electrons. The van der Waals surface area contributed by atoms with Gasteiger partial charge >= 0.3 is 134 Å². The van der Waals surface area contributed by atoms with E-state index < -0.39 is 7.82 Å². The van der Waals surface area contributed by atoms with Gasteiger partial charge in [-0.05, 0) is 0 Å². The van der Waals surface area contributed by atoms with Crippen molar-refractivity contribution in [3.8, 4) is 0 Å². The summed E-state index contributed by atoms with van der Waals surface area (Å²) in [6.45, 7) is 0. The largest absolute Gasteiger partial charge is 2.00 e. The van der Waals surface area contributed by atoms with E-state index in [-0.39, 0.29) is 132 Å². The van der Waals surface area contributed by atoms with Gasteiger partial charge < -0.3 is 20.4 Å². The third-order valence-electron chi connectivity index (χ3n) is 0. The second-order valence-corrected chi connectivity index (χ2v) is 1.54. The Labute approximate surface area is 154 Å². The van der Waals surface area contributed by atoms with E-state index in [2.05, 4.69) is 0 Å².